The second-order valence-corrected chi connectivity index (χ2v) is 7.18. The van der Waals surface area contributed by atoms with Crippen LogP contribution in [0.3, 0.4) is 0 Å². The first-order valence-corrected chi connectivity index (χ1v) is 8.94. The molecule has 20 heavy (non-hydrogen) atoms. The number of hydrogen-bond donors (Lipinski definition) is 1. The molecular weight excluding hydrogens is 308 g/mol. The van der Waals surface area contributed by atoms with E-state index in [-0.39, 0.29) is 0 Å². The Kier molecular flexibility index (Phi) is 6.36. The number of aromatic nitrogens is 1. The number of nitrogens with zero attached hydrogens (tertiary/aromatic N) is 1. The van der Waals surface area contributed by atoms with E-state index in [1.807, 2.05) is 30.0 Å². The van der Waals surface area contributed by atoms with Gasteiger partial charge < -0.3 is 5.32 Å². The van der Waals surface area contributed by atoms with Crippen molar-refractivity contribution in [2.24, 2.45) is 0 Å². The molecule has 0 aliphatic rings. The summed E-state index contributed by atoms with van der Waals surface area (Å²) in [4.78, 5) is 5.77. The van der Waals surface area contributed by atoms with E-state index in [9.17, 15) is 0 Å². The Labute approximate surface area is 134 Å². The van der Waals surface area contributed by atoms with E-state index < -0.39 is 0 Å². The van der Waals surface area contributed by atoms with Gasteiger partial charge in [-0.15, -0.1) is 23.1 Å². The summed E-state index contributed by atoms with van der Waals surface area (Å²) in [5.41, 5.74) is 1.19. The van der Waals surface area contributed by atoms with Crippen molar-refractivity contribution in [3.8, 4) is 0 Å². The van der Waals surface area contributed by atoms with Gasteiger partial charge >= 0.3 is 0 Å². The maximum Gasteiger partial charge on any atom is 0.0897 e. The average Bonchev–Trinajstić information content (AvgIpc) is 2.82. The van der Waals surface area contributed by atoms with Crippen LogP contribution in [0.5, 0.6) is 0 Å². The minimum Gasteiger partial charge on any atom is -0.313 e. The molecule has 0 radical (unpaired) electrons. The summed E-state index contributed by atoms with van der Waals surface area (Å²) in [6.07, 6.45) is 0.978. The molecule has 108 valence electrons. The van der Waals surface area contributed by atoms with Crippen LogP contribution in [0.25, 0.3) is 0 Å². The summed E-state index contributed by atoms with van der Waals surface area (Å²) in [6, 6.07) is 8.46. The van der Waals surface area contributed by atoms with Crippen LogP contribution in [0.1, 0.15) is 17.6 Å². The summed E-state index contributed by atoms with van der Waals surface area (Å²) in [7, 11) is 0. The third-order valence-electron chi connectivity index (χ3n) is 2.86. The van der Waals surface area contributed by atoms with Crippen molar-refractivity contribution in [2.45, 2.75) is 31.2 Å². The quantitative estimate of drug-likeness (QED) is 0.762. The lowest BCUT2D eigenvalue weighted by Gasteiger charge is -2.16. The van der Waals surface area contributed by atoms with Crippen molar-refractivity contribution in [1.29, 1.82) is 0 Å². The molecule has 1 aromatic heterocycles. The molecule has 0 fully saturated rings. The molecule has 5 heteroatoms. The molecule has 2 aromatic rings. The molecule has 0 saturated heterocycles. The van der Waals surface area contributed by atoms with Crippen LogP contribution in [0.4, 0.5) is 0 Å². The number of likely N-dealkylation sites (N-methyl/N-ethyl adjacent to an activating group) is 1. The summed E-state index contributed by atoms with van der Waals surface area (Å²) >= 11 is 9.57. The van der Waals surface area contributed by atoms with Crippen LogP contribution in [0, 0.1) is 6.92 Å². The topological polar surface area (TPSA) is 24.9 Å². The Bertz CT molecular complexity index is 542. The summed E-state index contributed by atoms with van der Waals surface area (Å²) in [5, 5.41) is 7.63. The number of halogens is 1. The number of nitrogens with one attached hydrogen (secondary N) is 1. The first-order valence-electron chi connectivity index (χ1n) is 6.70. The van der Waals surface area contributed by atoms with Gasteiger partial charge in [0.2, 0.25) is 0 Å². The number of benzene rings is 1. The number of hydrogen-bond acceptors (Lipinski definition) is 4. The number of aryl methyl sites for hydroxylation is 1. The zero-order valence-electron chi connectivity index (χ0n) is 11.7. The zero-order valence-corrected chi connectivity index (χ0v) is 14.1. The fourth-order valence-corrected chi connectivity index (χ4v) is 3.88. The van der Waals surface area contributed by atoms with Crippen LogP contribution in [0.15, 0.2) is 34.5 Å². The van der Waals surface area contributed by atoms with Crippen molar-refractivity contribution in [2.75, 3.05) is 12.3 Å². The third-order valence-corrected chi connectivity index (χ3v) is 5.08. The number of rotatable bonds is 7. The van der Waals surface area contributed by atoms with Gasteiger partial charge in [-0.3, -0.25) is 0 Å². The lowest BCUT2D eigenvalue weighted by atomic mass is 10.2. The summed E-state index contributed by atoms with van der Waals surface area (Å²) < 4.78 is 0. The van der Waals surface area contributed by atoms with Crippen LogP contribution in [-0.4, -0.2) is 23.3 Å². The predicted octanol–water partition coefficient (Wildman–Crippen LogP) is 4.42. The lowest BCUT2D eigenvalue weighted by Crippen LogP contribution is -2.33. The standard InChI is InChI=1S/C15H19ClN2S2/c1-3-17-13(8-14-10-19-11(2)18-14)9-20-15-6-4-5-12(16)7-15/h4-7,10,13,17H,3,8-9H2,1-2H3. The van der Waals surface area contributed by atoms with Crippen molar-refractivity contribution in [3.63, 3.8) is 0 Å². The zero-order chi connectivity index (χ0) is 14.4. The van der Waals surface area contributed by atoms with E-state index >= 15 is 0 Å². The van der Waals surface area contributed by atoms with Crippen LogP contribution >= 0.6 is 34.7 Å². The van der Waals surface area contributed by atoms with Gasteiger partial charge in [0, 0.05) is 33.5 Å². The Morgan fingerprint density at radius 1 is 1.45 bits per heavy atom. The highest BCUT2D eigenvalue weighted by Gasteiger charge is 2.11. The van der Waals surface area contributed by atoms with Crippen molar-refractivity contribution >= 4 is 34.7 Å². The molecule has 0 spiro atoms. The molecule has 1 N–H and O–H groups in total. The maximum absolute atomic E-state index is 6.02. The van der Waals surface area contributed by atoms with Gasteiger partial charge in [-0.1, -0.05) is 24.6 Å². The van der Waals surface area contributed by atoms with Gasteiger partial charge in [0.25, 0.3) is 0 Å². The largest absolute Gasteiger partial charge is 0.313 e. The molecule has 0 aliphatic carbocycles. The average molecular weight is 327 g/mol. The minimum atomic E-state index is 0.436. The lowest BCUT2D eigenvalue weighted by molar-refractivity contribution is 0.567. The van der Waals surface area contributed by atoms with Gasteiger partial charge in [-0.05, 0) is 31.7 Å². The maximum atomic E-state index is 6.02. The van der Waals surface area contributed by atoms with E-state index in [2.05, 4.69) is 35.6 Å². The SMILES string of the molecule is CCNC(CSc1cccc(Cl)c1)Cc1csc(C)n1. The second kappa shape index (κ2) is 8.03. The minimum absolute atomic E-state index is 0.436. The van der Waals surface area contributed by atoms with Gasteiger partial charge in [0.1, 0.15) is 0 Å². The fraction of sp³-hybridized carbons (Fsp3) is 0.400. The molecule has 2 nitrogen and oxygen atoms in total. The number of thioether (sulfide) groups is 1. The van der Waals surface area contributed by atoms with E-state index in [1.165, 1.54) is 10.6 Å². The van der Waals surface area contributed by atoms with Gasteiger partial charge in [0.15, 0.2) is 0 Å². The van der Waals surface area contributed by atoms with Crippen molar-refractivity contribution < 1.29 is 0 Å². The Hall–Kier alpha value is -0.550. The molecule has 2 rings (SSSR count). The molecule has 1 atom stereocenters. The van der Waals surface area contributed by atoms with Crippen molar-refractivity contribution in [3.05, 3.63) is 45.4 Å². The number of thiazole rings is 1. The first kappa shape index (κ1) is 15.8. The predicted molar refractivity (Wildman–Crippen MR) is 90.2 cm³/mol. The summed E-state index contributed by atoms with van der Waals surface area (Å²) in [5.74, 6) is 1.02. The van der Waals surface area contributed by atoms with Crippen LogP contribution in [-0.2, 0) is 6.42 Å². The molecule has 0 saturated carbocycles. The van der Waals surface area contributed by atoms with E-state index in [0.717, 1.165) is 28.7 Å². The molecule has 1 aromatic carbocycles. The first-order chi connectivity index (χ1) is 9.67. The van der Waals surface area contributed by atoms with Crippen LogP contribution < -0.4 is 5.32 Å². The third kappa shape index (κ3) is 5.09. The molecule has 1 heterocycles. The Morgan fingerprint density at radius 3 is 2.95 bits per heavy atom. The molecule has 0 aliphatic heterocycles. The highest BCUT2D eigenvalue weighted by atomic mass is 35.5. The fourth-order valence-electron chi connectivity index (χ4n) is 1.99. The van der Waals surface area contributed by atoms with Gasteiger partial charge in [-0.2, -0.15) is 0 Å². The Morgan fingerprint density at radius 2 is 2.30 bits per heavy atom. The molecule has 0 bridgehead atoms. The van der Waals surface area contributed by atoms with Gasteiger partial charge in [0.05, 0.1) is 10.7 Å². The molecular formula is C15H19ClN2S2. The smallest absolute Gasteiger partial charge is 0.0897 e. The van der Waals surface area contributed by atoms with Gasteiger partial charge in [-0.25, -0.2) is 4.98 Å². The highest BCUT2D eigenvalue weighted by Crippen LogP contribution is 2.23. The molecule has 1 unspecified atom stereocenters. The molecule has 0 amide bonds. The second-order valence-electron chi connectivity index (χ2n) is 4.58. The summed E-state index contributed by atoms with van der Waals surface area (Å²) in [6.45, 7) is 5.17. The monoisotopic (exact) mass is 326 g/mol. The Balaban J connectivity index is 1.91. The van der Waals surface area contributed by atoms with Crippen molar-refractivity contribution in [1.82, 2.24) is 10.3 Å². The highest BCUT2D eigenvalue weighted by molar-refractivity contribution is 7.99. The van der Waals surface area contributed by atoms with Crippen LogP contribution in [0.2, 0.25) is 5.02 Å². The van der Waals surface area contributed by atoms with E-state index in [4.69, 9.17) is 11.6 Å². The van der Waals surface area contributed by atoms with E-state index in [1.54, 1.807) is 11.3 Å². The normalized spacial score (nSPS) is 12.6. The van der Waals surface area contributed by atoms with E-state index in [0.29, 0.717) is 6.04 Å².